The van der Waals surface area contributed by atoms with Crippen molar-refractivity contribution in [3.05, 3.63) is 30.1 Å². The summed E-state index contributed by atoms with van der Waals surface area (Å²) in [6.07, 6.45) is 4.58. The van der Waals surface area contributed by atoms with Gasteiger partial charge in [0.2, 0.25) is 0 Å². The van der Waals surface area contributed by atoms with E-state index in [4.69, 9.17) is 0 Å². The molecule has 1 aliphatic carbocycles. The van der Waals surface area contributed by atoms with Crippen LogP contribution in [0.1, 0.15) is 39.0 Å². The molecule has 6 heteroatoms. The van der Waals surface area contributed by atoms with Gasteiger partial charge < -0.3 is 20.6 Å². The summed E-state index contributed by atoms with van der Waals surface area (Å²) in [5.74, 6) is -0.222. The van der Waals surface area contributed by atoms with E-state index in [0.29, 0.717) is 0 Å². The average molecular weight is 349 g/mol. The standard InChI is InChI=1S/C19H28FN3O2/c1-19(13-24)9-3-6-17(19)22-18(25)21-15-7-10-23(11-8-15)16-5-2-4-14(20)12-16/h2,4-5,12,15,17,24H,3,6-11,13H2,1H3,(H2,21,22,25). The molecule has 0 spiro atoms. The number of nitrogens with one attached hydrogen (secondary N) is 2. The molecule has 2 fully saturated rings. The van der Waals surface area contributed by atoms with Gasteiger partial charge in [0.15, 0.2) is 0 Å². The van der Waals surface area contributed by atoms with Crippen LogP contribution in [-0.4, -0.2) is 42.9 Å². The first-order valence-electron chi connectivity index (χ1n) is 9.18. The lowest BCUT2D eigenvalue weighted by atomic mass is 9.86. The molecule has 1 aliphatic heterocycles. The van der Waals surface area contributed by atoms with Gasteiger partial charge in [-0.05, 0) is 43.9 Å². The highest BCUT2D eigenvalue weighted by atomic mass is 19.1. The van der Waals surface area contributed by atoms with E-state index in [0.717, 1.165) is 50.9 Å². The van der Waals surface area contributed by atoms with Crippen molar-refractivity contribution in [1.82, 2.24) is 10.6 Å². The van der Waals surface area contributed by atoms with E-state index >= 15 is 0 Å². The number of piperidine rings is 1. The van der Waals surface area contributed by atoms with Gasteiger partial charge in [0.05, 0.1) is 6.61 Å². The van der Waals surface area contributed by atoms with Crippen LogP contribution in [0.2, 0.25) is 0 Å². The van der Waals surface area contributed by atoms with Crippen LogP contribution in [0, 0.1) is 11.2 Å². The molecule has 1 saturated carbocycles. The summed E-state index contributed by atoms with van der Waals surface area (Å²) < 4.78 is 13.3. The Bertz CT molecular complexity index is 604. The van der Waals surface area contributed by atoms with Crippen molar-refractivity contribution in [1.29, 1.82) is 0 Å². The van der Waals surface area contributed by atoms with Gasteiger partial charge >= 0.3 is 6.03 Å². The highest BCUT2D eigenvalue weighted by molar-refractivity contribution is 5.74. The van der Waals surface area contributed by atoms with Crippen molar-refractivity contribution in [2.75, 3.05) is 24.6 Å². The molecule has 2 unspecified atom stereocenters. The zero-order valence-corrected chi connectivity index (χ0v) is 14.8. The lowest BCUT2D eigenvalue weighted by Gasteiger charge is -2.35. The Hall–Kier alpha value is -1.82. The number of aliphatic hydroxyl groups is 1. The number of nitrogens with zero attached hydrogens (tertiary/aromatic N) is 1. The third kappa shape index (κ3) is 4.24. The highest BCUT2D eigenvalue weighted by Gasteiger charge is 2.39. The quantitative estimate of drug-likeness (QED) is 0.783. The predicted molar refractivity (Wildman–Crippen MR) is 96.1 cm³/mol. The molecule has 0 bridgehead atoms. The smallest absolute Gasteiger partial charge is 0.315 e. The second-order valence-electron chi connectivity index (χ2n) is 7.62. The molecule has 138 valence electrons. The molecular weight excluding hydrogens is 321 g/mol. The fourth-order valence-electron chi connectivity index (χ4n) is 4.01. The van der Waals surface area contributed by atoms with Gasteiger partial charge in [-0.3, -0.25) is 0 Å². The molecule has 3 rings (SSSR count). The van der Waals surface area contributed by atoms with E-state index < -0.39 is 0 Å². The zero-order chi connectivity index (χ0) is 17.9. The average Bonchev–Trinajstić information content (AvgIpc) is 2.97. The molecule has 1 saturated heterocycles. The molecule has 2 aliphatic rings. The van der Waals surface area contributed by atoms with Crippen LogP contribution in [0.5, 0.6) is 0 Å². The van der Waals surface area contributed by atoms with E-state index in [2.05, 4.69) is 15.5 Å². The minimum atomic E-state index is -0.222. The second kappa shape index (κ2) is 7.60. The van der Waals surface area contributed by atoms with Crippen LogP contribution in [0.25, 0.3) is 0 Å². The van der Waals surface area contributed by atoms with Gasteiger partial charge in [-0.15, -0.1) is 0 Å². The van der Waals surface area contributed by atoms with E-state index in [1.165, 1.54) is 6.07 Å². The van der Waals surface area contributed by atoms with Crippen molar-refractivity contribution in [2.45, 2.75) is 51.1 Å². The second-order valence-corrected chi connectivity index (χ2v) is 7.62. The molecule has 5 nitrogen and oxygen atoms in total. The van der Waals surface area contributed by atoms with Crippen LogP contribution in [0.3, 0.4) is 0 Å². The van der Waals surface area contributed by atoms with E-state index in [9.17, 15) is 14.3 Å². The summed E-state index contributed by atoms with van der Waals surface area (Å²) in [4.78, 5) is 14.5. The van der Waals surface area contributed by atoms with Crippen LogP contribution in [0.4, 0.5) is 14.9 Å². The van der Waals surface area contributed by atoms with E-state index in [-0.39, 0.29) is 36.0 Å². The van der Waals surface area contributed by atoms with Gasteiger partial charge in [0, 0.05) is 36.3 Å². The van der Waals surface area contributed by atoms with Crippen molar-refractivity contribution >= 4 is 11.7 Å². The van der Waals surface area contributed by atoms with Crippen molar-refractivity contribution in [2.24, 2.45) is 5.41 Å². The Morgan fingerprint density at radius 1 is 1.32 bits per heavy atom. The lowest BCUT2D eigenvalue weighted by molar-refractivity contribution is 0.120. The number of anilines is 1. The van der Waals surface area contributed by atoms with Crippen LogP contribution >= 0.6 is 0 Å². The first kappa shape index (κ1) is 18.0. The summed E-state index contributed by atoms with van der Waals surface area (Å²) in [5.41, 5.74) is 0.686. The summed E-state index contributed by atoms with van der Waals surface area (Å²) >= 11 is 0. The third-order valence-corrected chi connectivity index (χ3v) is 5.75. The fraction of sp³-hybridized carbons (Fsp3) is 0.632. The summed E-state index contributed by atoms with van der Waals surface area (Å²) in [7, 11) is 0. The number of amides is 2. The Morgan fingerprint density at radius 2 is 2.08 bits per heavy atom. The lowest BCUT2D eigenvalue weighted by Crippen LogP contribution is -2.53. The minimum absolute atomic E-state index is 0.0323. The van der Waals surface area contributed by atoms with Gasteiger partial charge in [-0.1, -0.05) is 19.4 Å². The SMILES string of the molecule is CC1(CO)CCCC1NC(=O)NC1CCN(c2cccc(F)c2)CC1. The van der Waals surface area contributed by atoms with Crippen molar-refractivity contribution in [3.63, 3.8) is 0 Å². The summed E-state index contributed by atoms with van der Waals surface area (Å²) in [6, 6.07) is 6.66. The number of rotatable bonds is 4. The number of halogens is 1. The monoisotopic (exact) mass is 349 g/mol. The van der Waals surface area contributed by atoms with Crippen LogP contribution in [0.15, 0.2) is 24.3 Å². The molecule has 0 radical (unpaired) electrons. The molecule has 1 aromatic carbocycles. The molecule has 25 heavy (non-hydrogen) atoms. The number of urea groups is 1. The highest BCUT2D eigenvalue weighted by Crippen LogP contribution is 2.37. The maximum Gasteiger partial charge on any atom is 0.315 e. The molecule has 2 amide bonds. The van der Waals surface area contributed by atoms with Crippen LogP contribution < -0.4 is 15.5 Å². The summed E-state index contributed by atoms with van der Waals surface area (Å²) in [6.45, 7) is 3.73. The number of aliphatic hydroxyl groups excluding tert-OH is 1. The number of carbonyl (C=O) groups is 1. The molecule has 3 N–H and O–H groups in total. The van der Waals surface area contributed by atoms with E-state index in [1.807, 2.05) is 13.0 Å². The number of benzene rings is 1. The number of carbonyl (C=O) groups excluding carboxylic acids is 1. The molecule has 1 heterocycles. The molecular formula is C19H28FN3O2. The minimum Gasteiger partial charge on any atom is -0.396 e. The molecule has 2 atom stereocenters. The maximum absolute atomic E-state index is 13.3. The van der Waals surface area contributed by atoms with E-state index in [1.54, 1.807) is 12.1 Å². The van der Waals surface area contributed by atoms with Gasteiger partial charge in [-0.25, -0.2) is 9.18 Å². The zero-order valence-electron chi connectivity index (χ0n) is 14.8. The maximum atomic E-state index is 13.3. The molecule has 1 aromatic rings. The molecule has 0 aromatic heterocycles. The Balaban J connectivity index is 1.46. The predicted octanol–water partition coefficient (Wildman–Crippen LogP) is 2.64. The Kier molecular flexibility index (Phi) is 5.47. The van der Waals surface area contributed by atoms with Gasteiger partial charge in [0.1, 0.15) is 5.82 Å². The normalized spacial score (nSPS) is 27.3. The summed E-state index contributed by atoms with van der Waals surface area (Å²) in [5, 5.41) is 15.7. The van der Waals surface area contributed by atoms with Crippen molar-refractivity contribution < 1.29 is 14.3 Å². The van der Waals surface area contributed by atoms with Gasteiger partial charge in [-0.2, -0.15) is 0 Å². The first-order valence-corrected chi connectivity index (χ1v) is 9.18. The largest absolute Gasteiger partial charge is 0.396 e. The number of hydrogen-bond acceptors (Lipinski definition) is 3. The Labute approximate surface area is 148 Å². The first-order chi connectivity index (χ1) is 12.0. The Morgan fingerprint density at radius 3 is 2.76 bits per heavy atom. The number of hydrogen-bond donors (Lipinski definition) is 3. The van der Waals surface area contributed by atoms with Crippen LogP contribution in [-0.2, 0) is 0 Å². The topological polar surface area (TPSA) is 64.6 Å². The van der Waals surface area contributed by atoms with Crippen molar-refractivity contribution in [3.8, 4) is 0 Å². The fourth-order valence-corrected chi connectivity index (χ4v) is 4.01. The van der Waals surface area contributed by atoms with Gasteiger partial charge in [0.25, 0.3) is 0 Å². The third-order valence-electron chi connectivity index (χ3n) is 5.75.